The Morgan fingerprint density at radius 2 is 2.17 bits per heavy atom. The molecule has 1 aliphatic rings. The Balaban J connectivity index is 1.48. The van der Waals surface area contributed by atoms with Crippen LogP contribution in [0.3, 0.4) is 0 Å². The molecule has 2 aromatic rings. The standard InChI is InChI=1S/C16H20FN5O/c17-14-6-2-1-4-12(14)7-8-18-15-11-20-22-16(21-15)19-10-13-5-3-9-23-13/h1-2,4,6,11,13H,3,5,7-10H2,(H2,18,19,21,22). The Morgan fingerprint density at radius 3 is 3.00 bits per heavy atom. The molecule has 2 heterocycles. The predicted octanol–water partition coefficient (Wildman–Crippen LogP) is 2.26. The second-order valence-electron chi connectivity index (χ2n) is 5.45. The fraction of sp³-hybridized carbons (Fsp3) is 0.438. The third kappa shape index (κ3) is 4.59. The SMILES string of the molecule is Fc1ccccc1CCNc1cnnc(NCC2CCCO2)n1. The highest BCUT2D eigenvalue weighted by atomic mass is 19.1. The average Bonchev–Trinajstić information content (AvgIpc) is 3.09. The monoisotopic (exact) mass is 317 g/mol. The van der Waals surface area contributed by atoms with Crippen molar-refractivity contribution in [3.63, 3.8) is 0 Å². The highest BCUT2D eigenvalue weighted by molar-refractivity contribution is 5.37. The normalized spacial score (nSPS) is 17.2. The number of rotatable bonds is 7. The number of nitrogens with one attached hydrogen (secondary N) is 2. The van der Waals surface area contributed by atoms with Gasteiger partial charge in [-0.15, -0.1) is 5.10 Å². The van der Waals surface area contributed by atoms with E-state index in [-0.39, 0.29) is 11.9 Å². The summed E-state index contributed by atoms with van der Waals surface area (Å²) in [5.41, 5.74) is 0.679. The number of ether oxygens (including phenoxy) is 1. The maximum absolute atomic E-state index is 13.5. The van der Waals surface area contributed by atoms with E-state index in [1.807, 2.05) is 6.07 Å². The van der Waals surface area contributed by atoms with Crippen LogP contribution in [0.4, 0.5) is 16.2 Å². The minimum absolute atomic E-state index is 0.186. The van der Waals surface area contributed by atoms with Crippen LogP contribution in [-0.4, -0.2) is 41.0 Å². The Kier molecular flexibility index (Phi) is 5.31. The molecule has 23 heavy (non-hydrogen) atoms. The van der Waals surface area contributed by atoms with Crippen LogP contribution < -0.4 is 10.6 Å². The van der Waals surface area contributed by atoms with Crippen molar-refractivity contribution in [3.8, 4) is 0 Å². The summed E-state index contributed by atoms with van der Waals surface area (Å²) in [7, 11) is 0. The lowest BCUT2D eigenvalue weighted by atomic mass is 10.1. The highest BCUT2D eigenvalue weighted by Gasteiger charge is 2.15. The van der Waals surface area contributed by atoms with Gasteiger partial charge in [-0.1, -0.05) is 18.2 Å². The molecule has 7 heteroatoms. The summed E-state index contributed by atoms with van der Waals surface area (Å²) in [6.45, 7) is 2.08. The quantitative estimate of drug-likeness (QED) is 0.816. The van der Waals surface area contributed by atoms with E-state index < -0.39 is 0 Å². The van der Waals surface area contributed by atoms with Crippen LogP contribution in [0, 0.1) is 5.82 Å². The minimum atomic E-state index is -0.186. The number of anilines is 2. The van der Waals surface area contributed by atoms with Crippen molar-refractivity contribution in [2.45, 2.75) is 25.4 Å². The fourth-order valence-corrected chi connectivity index (χ4v) is 2.50. The molecule has 122 valence electrons. The molecule has 1 aromatic heterocycles. The van der Waals surface area contributed by atoms with Crippen LogP contribution in [0.5, 0.6) is 0 Å². The Hall–Kier alpha value is -2.28. The maximum Gasteiger partial charge on any atom is 0.244 e. The number of aromatic nitrogens is 3. The van der Waals surface area contributed by atoms with Gasteiger partial charge in [-0.2, -0.15) is 10.1 Å². The first-order valence-corrected chi connectivity index (χ1v) is 7.84. The van der Waals surface area contributed by atoms with Crippen molar-refractivity contribution in [3.05, 3.63) is 41.8 Å². The molecule has 1 aromatic carbocycles. The third-order valence-corrected chi connectivity index (χ3v) is 3.73. The third-order valence-electron chi connectivity index (χ3n) is 3.73. The molecule has 6 nitrogen and oxygen atoms in total. The lowest BCUT2D eigenvalue weighted by molar-refractivity contribution is 0.120. The predicted molar refractivity (Wildman–Crippen MR) is 85.9 cm³/mol. The Bertz CT molecular complexity index is 633. The van der Waals surface area contributed by atoms with Gasteiger partial charge >= 0.3 is 0 Å². The zero-order valence-electron chi connectivity index (χ0n) is 12.8. The largest absolute Gasteiger partial charge is 0.376 e. The smallest absolute Gasteiger partial charge is 0.244 e. The Morgan fingerprint density at radius 1 is 1.26 bits per heavy atom. The number of halogens is 1. The summed E-state index contributed by atoms with van der Waals surface area (Å²) in [5.74, 6) is 0.900. The van der Waals surface area contributed by atoms with Gasteiger partial charge in [0.2, 0.25) is 5.95 Å². The van der Waals surface area contributed by atoms with Gasteiger partial charge in [0.05, 0.1) is 12.3 Å². The molecule has 0 aliphatic carbocycles. The van der Waals surface area contributed by atoms with Gasteiger partial charge in [0.25, 0.3) is 0 Å². The molecule has 2 N–H and O–H groups in total. The van der Waals surface area contributed by atoms with Gasteiger partial charge in [-0.05, 0) is 30.9 Å². The van der Waals surface area contributed by atoms with Crippen LogP contribution >= 0.6 is 0 Å². The summed E-state index contributed by atoms with van der Waals surface area (Å²) in [4.78, 5) is 4.34. The van der Waals surface area contributed by atoms with Crippen molar-refractivity contribution in [2.24, 2.45) is 0 Å². The van der Waals surface area contributed by atoms with Gasteiger partial charge < -0.3 is 15.4 Å². The zero-order valence-corrected chi connectivity index (χ0v) is 12.8. The van der Waals surface area contributed by atoms with Crippen molar-refractivity contribution >= 4 is 11.8 Å². The first-order chi connectivity index (χ1) is 11.3. The molecule has 0 spiro atoms. The summed E-state index contributed by atoms with van der Waals surface area (Å²) in [6.07, 6.45) is 4.51. The second kappa shape index (κ2) is 7.82. The molecule has 1 atom stereocenters. The van der Waals surface area contributed by atoms with Crippen molar-refractivity contribution in [1.82, 2.24) is 15.2 Å². The van der Waals surface area contributed by atoms with Gasteiger partial charge in [-0.3, -0.25) is 0 Å². The lowest BCUT2D eigenvalue weighted by Crippen LogP contribution is -2.20. The van der Waals surface area contributed by atoms with Crippen LogP contribution in [0.25, 0.3) is 0 Å². The van der Waals surface area contributed by atoms with E-state index in [2.05, 4.69) is 25.8 Å². The van der Waals surface area contributed by atoms with Gasteiger partial charge in [-0.25, -0.2) is 4.39 Å². The summed E-state index contributed by atoms with van der Waals surface area (Å²) >= 11 is 0. The first-order valence-electron chi connectivity index (χ1n) is 7.84. The molecule has 0 radical (unpaired) electrons. The molecular weight excluding hydrogens is 297 g/mol. The van der Waals surface area contributed by atoms with E-state index in [1.165, 1.54) is 6.07 Å². The zero-order chi connectivity index (χ0) is 15.9. The second-order valence-corrected chi connectivity index (χ2v) is 5.45. The number of hydrogen-bond acceptors (Lipinski definition) is 6. The molecule has 3 rings (SSSR count). The first kappa shape index (κ1) is 15.6. The van der Waals surface area contributed by atoms with E-state index in [0.29, 0.717) is 36.8 Å². The number of nitrogens with zero attached hydrogens (tertiary/aromatic N) is 3. The summed E-state index contributed by atoms with van der Waals surface area (Å²) < 4.78 is 19.1. The molecule has 0 amide bonds. The molecule has 0 bridgehead atoms. The molecule has 1 saturated heterocycles. The number of benzene rings is 1. The van der Waals surface area contributed by atoms with Crippen molar-refractivity contribution < 1.29 is 9.13 Å². The topological polar surface area (TPSA) is 72.0 Å². The molecule has 0 saturated carbocycles. The van der Waals surface area contributed by atoms with Gasteiger partial charge in [0, 0.05) is 19.7 Å². The Labute approximate surface area is 134 Å². The fourth-order valence-electron chi connectivity index (χ4n) is 2.50. The average molecular weight is 317 g/mol. The van der Waals surface area contributed by atoms with Crippen molar-refractivity contribution in [2.75, 3.05) is 30.3 Å². The summed E-state index contributed by atoms with van der Waals surface area (Å²) in [5, 5.41) is 14.1. The highest BCUT2D eigenvalue weighted by Crippen LogP contribution is 2.13. The van der Waals surface area contributed by atoms with E-state index in [9.17, 15) is 4.39 Å². The number of hydrogen-bond donors (Lipinski definition) is 2. The van der Waals surface area contributed by atoms with Gasteiger partial charge in [0.15, 0.2) is 5.82 Å². The van der Waals surface area contributed by atoms with E-state index in [0.717, 1.165) is 19.4 Å². The van der Waals surface area contributed by atoms with Crippen LogP contribution in [0.15, 0.2) is 30.5 Å². The summed E-state index contributed by atoms with van der Waals surface area (Å²) in [6, 6.07) is 6.77. The maximum atomic E-state index is 13.5. The van der Waals surface area contributed by atoms with Gasteiger partial charge in [0.1, 0.15) is 5.82 Å². The van der Waals surface area contributed by atoms with E-state index >= 15 is 0 Å². The van der Waals surface area contributed by atoms with Crippen LogP contribution in [-0.2, 0) is 11.2 Å². The molecule has 1 fully saturated rings. The molecular formula is C16H20FN5O. The van der Waals surface area contributed by atoms with E-state index in [4.69, 9.17) is 4.74 Å². The van der Waals surface area contributed by atoms with Crippen LogP contribution in [0.1, 0.15) is 18.4 Å². The minimum Gasteiger partial charge on any atom is -0.376 e. The van der Waals surface area contributed by atoms with E-state index in [1.54, 1.807) is 18.3 Å². The lowest BCUT2D eigenvalue weighted by Gasteiger charge is -2.11. The van der Waals surface area contributed by atoms with Crippen molar-refractivity contribution in [1.29, 1.82) is 0 Å². The molecule has 1 unspecified atom stereocenters. The molecule has 1 aliphatic heterocycles. The van der Waals surface area contributed by atoms with Crippen LogP contribution in [0.2, 0.25) is 0 Å².